The molecular formula is C20H24ClN3O2. The van der Waals surface area contributed by atoms with Gasteiger partial charge in [0, 0.05) is 43.4 Å². The Morgan fingerprint density at radius 3 is 2.62 bits per heavy atom. The van der Waals surface area contributed by atoms with Crippen molar-refractivity contribution in [3.8, 4) is 5.75 Å². The first-order valence-electron chi connectivity index (χ1n) is 8.77. The molecule has 0 spiro atoms. The predicted octanol–water partition coefficient (Wildman–Crippen LogP) is 2.79. The molecular weight excluding hydrogens is 350 g/mol. The Bertz CT molecular complexity index is 745. The molecule has 0 radical (unpaired) electrons. The molecule has 1 aliphatic heterocycles. The Morgan fingerprint density at radius 1 is 1.12 bits per heavy atom. The van der Waals surface area contributed by atoms with Crippen LogP contribution in [0.1, 0.15) is 5.56 Å². The van der Waals surface area contributed by atoms with Crippen molar-refractivity contribution in [2.24, 2.45) is 0 Å². The maximum absolute atomic E-state index is 12.4. The number of hydrogen-bond donors (Lipinski definition) is 1. The van der Waals surface area contributed by atoms with E-state index in [0.29, 0.717) is 13.1 Å². The van der Waals surface area contributed by atoms with Crippen molar-refractivity contribution < 1.29 is 9.53 Å². The minimum Gasteiger partial charge on any atom is -0.497 e. The smallest absolute Gasteiger partial charge is 0.236 e. The van der Waals surface area contributed by atoms with Crippen LogP contribution < -0.4 is 15.0 Å². The van der Waals surface area contributed by atoms with Gasteiger partial charge in [0.2, 0.25) is 5.91 Å². The average Bonchev–Trinajstić information content (AvgIpc) is 2.68. The van der Waals surface area contributed by atoms with Gasteiger partial charge in [-0.3, -0.25) is 4.79 Å². The number of carbonyl (C=O) groups excluding carboxylic acids is 1. The number of benzene rings is 2. The summed E-state index contributed by atoms with van der Waals surface area (Å²) in [6.45, 7) is 4.09. The van der Waals surface area contributed by atoms with Gasteiger partial charge in [0.05, 0.1) is 13.7 Å². The van der Waals surface area contributed by atoms with E-state index >= 15 is 0 Å². The second-order valence-electron chi connectivity index (χ2n) is 6.30. The van der Waals surface area contributed by atoms with Gasteiger partial charge in [-0.15, -0.1) is 0 Å². The lowest BCUT2D eigenvalue weighted by atomic mass is 10.2. The van der Waals surface area contributed by atoms with E-state index in [4.69, 9.17) is 16.3 Å². The molecule has 1 aliphatic rings. The second-order valence-corrected chi connectivity index (χ2v) is 6.74. The van der Waals surface area contributed by atoms with Gasteiger partial charge >= 0.3 is 0 Å². The molecule has 5 nitrogen and oxygen atoms in total. The van der Waals surface area contributed by atoms with Gasteiger partial charge in [0.15, 0.2) is 0 Å². The SMILES string of the molecule is COc1cccc(CNCC(=O)N2CCN(c3cccc(Cl)c3)CC2)c1. The summed E-state index contributed by atoms with van der Waals surface area (Å²) in [5, 5.41) is 3.96. The average molecular weight is 374 g/mol. The molecule has 1 fully saturated rings. The quantitative estimate of drug-likeness (QED) is 0.845. The number of nitrogens with one attached hydrogen (secondary N) is 1. The lowest BCUT2D eigenvalue weighted by molar-refractivity contribution is -0.130. The third-order valence-electron chi connectivity index (χ3n) is 4.55. The summed E-state index contributed by atoms with van der Waals surface area (Å²) in [7, 11) is 1.65. The van der Waals surface area contributed by atoms with Crippen molar-refractivity contribution in [1.82, 2.24) is 10.2 Å². The third kappa shape index (κ3) is 4.90. The van der Waals surface area contributed by atoms with Gasteiger partial charge in [-0.1, -0.05) is 29.8 Å². The Morgan fingerprint density at radius 2 is 1.88 bits per heavy atom. The highest BCUT2D eigenvalue weighted by Crippen LogP contribution is 2.20. The summed E-state index contributed by atoms with van der Waals surface area (Å²) in [6.07, 6.45) is 0. The number of rotatable bonds is 6. The first-order chi connectivity index (χ1) is 12.7. The zero-order valence-corrected chi connectivity index (χ0v) is 15.7. The number of halogens is 1. The Kier molecular flexibility index (Phi) is 6.36. The van der Waals surface area contributed by atoms with E-state index in [1.165, 1.54) is 0 Å². The maximum atomic E-state index is 12.4. The fourth-order valence-corrected chi connectivity index (χ4v) is 3.28. The van der Waals surface area contributed by atoms with E-state index < -0.39 is 0 Å². The molecule has 0 unspecified atom stereocenters. The van der Waals surface area contributed by atoms with Crippen LogP contribution in [-0.4, -0.2) is 50.6 Å². The van der Waals surface area contributed by atoms with Crippen molar-refractivity contribution in [1.29, 1.82) is 0 Å². The lowest BCUT2D eigenvalue weighted by Crippen LogP contribution is -2.50. The van der Waals surface area contributed by atoms with Crippen LogP contribution in [0.4, 0.5) is 5.69 Å². The number of amides is 1. The summed E-state index contributed by atoms with van der Waals surface area (Å²) in [5.41, 5.74) is 2.21. The van der Waals surface area contributed by atoms with Crippen LogP contribution >= 0.6 is 11.6 Å². The van der Waals surface area contributed by atoms with Crippen LogP contribution in [0, 0.1) is 0 Å². The minimum absolute atomic E-state index is 0.138. The van der Waals surface area contributed by atoms with Gasteiger partial charge < -0.3 is 19.9 Å². The summed E-state index contributed by atoms with van der Waals surface area (Å²) in [6, 6.07) is 15.7. The molecule has 0 aromatic heterocycles. The van der Waals surface area contributed by atoms with Crippen LogP contribution in [-0.2, 0) is 11.3 Å². The first kappa shape index (κ1) is 18.5. The molecule has 0 atom stereocenters. The van der Waals surface area contributed by atoms with E-state index in [1.54, 1.807) is 7.11 Å². The summed E-state index contributed by atoms with van der Waals surface area (Å²) in [4.78, 5) is 16.6. The van der Waals surface area contributed by atoms with Gasteiger partial charge in [0.25, 0.3) is 0 Å². The summed E-state index contributed by atoms with van der Waals surface area (Å²) >= 11 is 6.06. The molecule has 6 heteroatoms. The van der Waals surface area contributed by atoms with Crippen LogP contribution in [0.15, 0.2) is 48.5 Å². The van der Waals surface area contributed by atoms with E-state index in [1.807, 2.05) is 47.4 Å². The molecule has 1 amide bonds. The predicted molar refractivity (Wildman–Crippen MR) is 105 cm³/mol. The second kappa shape index (κ2) is 8.92. The molecule has 2 aromatic rings. The van der Waals surface area contributed by atoms with Crippen LogP contribution in [0.25, 0.3) is 0 Å². The highest BCUT2D eigenvalue weighted by atomic mass is 35.5. The molecule has 1 saturated heterocycles. The highest BCUT2D eigenvalue weighted by molar-refractivity contribution is 6.30. The minimum atomic E-state index is 0.138. The zero-order valence-electron chi connectivity index (χ0n) is 15.0. The fraction of sp³-hybridized carbons (Fsp3) is 0.350. The molecule has 26 heavy (non-hydrogen) atoms. The van der Waals surface area contributed by atoms with E-state index in [-0.39, 0.29) is 5.91 Å². The third-order valence-corrected chi connectivity index (χ3v) is 4.78. The van der Waals surface area contributed by atoms with Crippen molar-refractivity contribution >= 4 is 23.2 Å². The molecule has 0 aliphatic carbocycles. The van der Waals surface area contributed by atoms with Gasteiger partial charge in [-0.05, 0) is 35.9 Å². The molecule has 1 heterocycles. The maximum Gasteiger partial charge on any atom is 0.236 e. The molecule has 1 N–H and O–H groups in total. The number of anilines is 1. The van der Waals surface area contributed by atoms with E-state index in [2.05, 4.69) is 16.3 Å². The number of carbonyl (C=O) groups is 1. The molecule has 2 aromatic carbocycles. The van der Waals surface area contributed by atoms with Crippen LogP contribution in [0.2, 0.25) is 5.02 Å². The van der Waals surface area contributed by atoms with E-state index in [0.717, 1.165) is 48.2 Å². The summed E-state index contributed by atoms with van der Waals surface area (Å²) in [5.74, 6) is 0.964. The van der Waals surface area contributed by atoms with Crippen molar-refractivity contribution in [2.45, 2.75) is 6.54 Å². The molecule has 138 valence electrons. The Hall–Kier alpha value is -2.24. The topological polar surface area (TPSA) is 44.8 Å². The van der Waals surface area contributed by atoms with Crippen LogP contribution in [0.3, 0.4) is 0 Å². The normalized spacial score (nSPS) is 14.4. The monoisotopic (exact) mass is 373 g/mol. The highest BCUT2D eigenvalue weighted by Gasteiger charge is 2.21. The number of nitrogens with zero attached hydrogens (tertiary/aromatic N) is 2. The first-order valence-corrected chi connectivity index (χ1v) is 9.15. The van der Waals surface area contributed by atoms with Crippen molar-refractivity contribution in [3.05, 3.63) is 59.1 Å². The van der Waals surface area contributed by atoms with E-state index in [9.17, 15) is 4.79 Å². The molecule has 3 rings (SSSR count). The molecule has 0 saturated carbocycles. The Labute approximate surface area is 159 Å². The van der Waals surface area contributed by atoms with Gasteiger partial charge in [-0.2, -0.15) is 0 Å². The zero-order chi connectivity index (χ0) is 18.4. The molecule has 0 bridgehead atoms. The number of hydrogen-bond acceptors (Lipinski definition) is 4. The fourth-order valence-electron chi connectivity index (χ4n) is 3.09. The number of methoxy groups -OCH3 is 1. The van der Waals surface area contributed by atoms with Crippen LogP contribution in [0.5, 0.6) is 5.75 Å². The van der Waals surface area contributed by atoms with Crippen molar-refractivity contribution in [2.75, 3.05) is 44.7 Å². The number of piperazine rings is 1. The van der Waals surface area contributed by atoms with Gasteiger partial charge in [-0.25, -0.2) is 0 Å². The standard InChI is InChI=1S/C20H24ClN3O2/c1-26-19-7-2-4-16(12-19)14-22-15-20(25)24-10-8-23(9-11-24)18-6-3-5-17(21)13-18/h2-7,12-13,22H,8-11,14-15H2,1H3. The Balaban J connectivity index is 1.43. The summed E-state index contributed by atoms with van der Waals surface area (Å²) < 4.78 is 5.22. The number of ether oxygens (including phenoxy) is 1. The lowest BCUT2D eigenvalue weighted by Gasteiger charge is -2.36. The van der Waals surface area contributed by atoms with Gasteiger partial charge in [0.1, 0.15) is 5.75 Å². The largest absolute Gasteiger partial charge is 0.497 e. The van der Waals surface area contributed by atoms with Crippen molar-refractivity contribution in [3.63, 3.8) is 0 Å².